The standard InChI is InChI=1S/C19H21F3N2O3S/c1-24(2)11-4-5-12-13(10-11)16(27-3)8-7-15(12)23-28(25,26)17-9-6-14(20)18(21)19(17)22/h6-9,11,23H,4-5,10H2,1-3H3/t11-/m0/s1. The Kier molecular flexibility index (Phi) is 5.58. The molecule has 0 saturated heterocycles. The maximum absolute atomic E-state index is 14.0. The predicted octanol–water partition coefficient (Wildman–Crippen LogP) is 3.33. The topological polar surface area (TPSA) is 58.6 Å². The van der Waals surface area contributed by atoms with Crippen LogP contribution in [0.1, 0.15) is 17.5 Å². The number of ether oxygens (including phenoxy) is 1. The molecule has 0 aliphatic heterocycles. The number of fused-ring (bicyclic) bond motifs is 1. The average molecular weight is 414 g/mol. The van der Waals surface area contributed by atoms with Gasteiger partial charge in [-0.25, -0.2) is 21.6 Å². The molecule has 2 aromatic rings. The van der Waals surface area contributed by atoms with E-state index in [1.165, 1.54) is 13.2 Å². The number of likely N-dealkylation sites (N-methyl/N-ethyl adjacent to an activating group) is 1. The Hall–Kier alpha value is -2.26. The van der Waals surface area contributed by atoms with Crippen molar-refractivity contribution in [2.75, 3.05) is 25.9 Å². The zero-order chi connectivity index (χ0) is 20.6. The monoisotopic (exact) mass is 414 g/mol. The summed E-state index contributed by atoms with van der Waals surface area (Å²) in [4.78, 5) is 1.15. The average Bonchev–Trinajstić information content (AvgIpc) is 2.65. The highest BCUT2D eigenvalue weighted by Crippen LogP contribution is 2.37. The lowest BCUT2D eigenvalue weighted by molar-refractivity contribution is 0.265. The molecule has 3 rings (SSSR count). The van der Waals surface area contributed by atoms with Gasteiger partial charge in [0.05, 0.1) is 12.8 Å². The van der Waals surface area contributed by atoms with Gasteiger partial charge in [-0.1, -0.05) is 0 Å². The summed E-state index contributed by atoms with van der Waals surface area (Å²) < 4.78 is 73.6. The third-order valence-corrected chi connectivity index (χ3v) is 6.42. The van der Waals surface area contributed by atoms with Crippen LogP contribution in [-0.4, -0.2) is 40.6 Å². The molecule has 9 heteroatoms. The molecular formula is C19H21F3N2O3S. The SMILES string of the molecule is COc1ccc(NS(=O)(=O)c2ccc(F)c(F)c2F)c2c1C[C@@H](N(C)C)CC2. The van der Waals surface area contributed by atoms with Gasteiger partial charge in [0.25, 0.3) is 10.0 Å². The van der Waals surface area contributed by atoms with E-state index in [-0.39, 0.29) is 11.7 Å². The van der Waals surface area contributed by atoms with Gasteiger partial charge in [0, 0.05) is 11.6 Å². The third kappa shape index (κ3) is 3.68. The first-order valence-corrected chi connectivity index (χ1v) is 10.2. The van der Waals surface area contributed by atoms with Crippen molar-refractivity contribution in [3.8, 4) is 5.75 Å². The maximum atomic E-state index is 14.0. The number of sulfonamides is 1. The molecule has 1 atom stereocenters. The Morgan fingerprint density at radius 2 is 1.79 bits per heavy atom. The Morgan fingerprint density at radius 3 is 2.43 bits per heavy atom. The lowest BCUT2D eigenvalue weighted by Crippen LogP contribution is -2.34. The molecule has 0 spiro atoms. The zero-order valence-corrected chi connectivity index (χ0v) is 16.5. The van der Waals surface area contributed by atoms with Crippen molar-refractivity contribution in [3.63, 3.8) is 0 Å². The summed E-state index contributed by atoms with van der Waals surface area (Å²) in [7, 11) is 1.03. The Balaban J connectivity index is 2.02. The van der Waals surface area contributed by atoms with Crippen LogP contribution in [0, 0.1) is 17.5 Å². The van der Waals surface area contributed by atoms with Crippen molar-refractivity contribution in [2.24, 2.45) is 0 Å². The number of methoxy groups -OCH3 is 1. The summed E-state index contributed by atoms with van der Waals surface area (Å²) in [6.07, 6.45) is 2.07. The van der Waals surface area contributed by atoms with Gasteiger partial charge in [0.15, 0.2) is 17.5 Å². The third-order valence-electron chi connectivity index (χ3n) is 5.04. The van der Waals surface area contributed by atoms with Crippen LogP contribution in [-0.2, 0) is 22.9 Å². The van der Waals surface area contributed by atoms with Gasteiger partial charge in [-0.2, -0.15) is 0 Å². The highest BCUT2D eigenvalue weighted by atomic mass is 32.2. The van der Waals surface area contributed by atoms with Crippen molar-refractivity contribution >= 4 is 15.7 Å². The van der Waals surface area contributed by atoms with E-state index in [1.807, 2.05) is 14.1 Å². The van der Waals surface area contributed by atoms with Gasteiger partial charge < -0.3 is 9.64 Å². The summed E-state index contributed by atoms with van der Waals surface area (Å²) >= 11 is 0. The van der Waals surface area contributed by atoms with Crippen molar-refractivity contribution in [3.05, 3.63) is 52.8 Å². The second-order valence-electron chi connectivity index (χ2n) is 6.91. The van der Waals surface area contributed by atoms with E-state index in [4.69, 9.17) is 4.74 Å². The van der Waals surface area contributed by atoms with Crippen LogP contribution in [0.5, 0.6) is 5.75 Å². The first-order chi connectivity index (χ1) is 13.2. The molecule has 0 radical (unpaired) electrons. The second kappa shape index (κ2) is 7.63. The van der Waals surface area contributed by atoms with Crippen LogP contribution in [0.4, 0.5) is 18.9 Å². The van der Waals surface area contributed by atoms with E-state index in [1.54, 1.807) is 6.07 Å². The number of anilines is 1. The van der Waals surface area contributed by atoms with Crippen molar-refractivity contribution in [2.45, 2.75) is 30.2 Å². The molecule has 0 amide bonds. The van der Waals surface area contributed by atoms with E-state index in [0.29, 0.717) is 30.7 Å². The number of halogens is 3. The molecule has 0 unspecified atom stereocenters. The van der Waals surface area contributed by atoms with Crippen LogP contribution >= 0.6 is 0 Å². The predicted molar refractivity (Wildman–Crippen MR) is 99.6 cm³/mol. The normalized spacial score (nSPS) is 16.8. The number of benzene rings is 2. The molecule has 28 heavy (non-hydrogen) atoms. The fourth-order valence-corrected chi connectivity index (χ4v) is 4.64. The van der Waals surface area contributed by atoms with Gasteiger partial charge >= 0.3 is 0 Å². The summed E-state index contributed by atoms with van der Waals surface area (Å²) in [5.41, 5.74) is 1.90. The molecule has 0 heterocycles. The molecule has 1 aliphatic rings. The highest BCUT2D eigenvalue weighted by Gasteiger charge is 2.29. The smallest absolute Gasteiger partial charge is 0.264 e. The first-order valence-electron chi connectivity index (χ1n) is 8.67. The Bertz CT molecular complexity index is 1010. The Labute approximate surface area is 162 Å². The van der Waals surface area contributed by atoms with Crippen LogP contribution in [0.3, 0.4) is 0 Å². The molecule has 1 N–H and O–H groups in total. The molecular weight excluding hydrogens is 393 g/mol. The largest absolute Gasteiger partial charge is 0.496 e. The number of rotatable bonds is 5. The van der Waals surface area contributed by atoms with Crippen LogP contribution in [0.2, 0.25) is 0 Å². The van der Waals surface area contributed by atoms with Crippen molar-refractivity contribution in [1.29, 1.82) is 0 Å². The summed E-state index contributed by atoms with van der Waals surface area (Å²) in [6, 6.07) is 4.72. The Morgan fingerprint density at radius 1 is 1.07 bits per heavy atom. The lowest BCUT2D eigenvalue weighted by atomic mass is 9.86. The van der Waals surface area contributed by atoms with Gasteiger partial charge in [0.2, 0.25) is 0 Å². The van der Waals surface area contributed by atoms with Crippen LogP contribution in [0.15, 0.2) is 29.2 Å². The molecule has 0 fully saturated rings. The number of nitrogens with zero attached hydrogens (tertiary/aromatic N) is 1. The van der Waals surface area contributed by atoms with Gasteiger partial charge in [-0.05, 0) is 63.2 Å². The zero-order valence-electron chi connectivity index (χ0n) is 15.7. The number of hydrogen-bond acceptors (Lipinski definition) is 4. The van der Waals surface area contributed by atoms with Gasteiger partial charge in [-0.3, -0.25) is 4.72 Å². The van der Waals surface area contributed by atoms with Crippen molar-refractivity contribution in [1.82, 2.24) is 4.90 Å². The molecule has 2 aromatic carbocycles. The molecule has 5 nitrogen and oxygen atoms in total. The van der Waals surface area contributed by atoms with E-state index < -0.39 is 32.4 Å². The molecule has 152 valence electrons. The minimum Gasteiger partial charge on any atom is -0.496 e. The maximum Gasteiger partial charge on any atom is 0.264 e. The van der Waals surface area contributed by atoms with E-state index in [2.05, 4.69) is 9.62 Å². The first kappa shape index (κ1) is 20.5. The van der Waals surface area contributed by atoms with Crippen molar-refractivity contribution < 1.29 is 26.3 Å². The number of nitrogens with one attached hydrogen (secondary N) is 1. The number of hydrogen-bond donors (Lipinski definition) is 1. The van der Waals surface area contributed by atoms with E-state index in [9.17, 15) is 21.6 Å². The fraction of sp³-hybridized carbons (Fsp3) is 0.368. The van der Waals surface area contributed by atoms with Gasteiger partial charge in [-0.15, -0.1) is 0 Å². The summed E-state index contributed by atoms with van der Waals surface area (Å²) in [5, 5.41) is 0. The second-order valence-corrected chi connectivity index (χ2v) is 8.56. The fourth-order valence-electron chi connectivity index (χ4n) is 3.47. The minimum atomic E-state index is -4.45. The summed E-state index contributed by atoms with van der Waals surface area (Å²) in [5.74, 6) is -4.38. The molecule has 1 aliphatic carbocycles. The lowest BCUT2D eigenvalue weighted by Gasteiger charge is -2.32. The highest BCUT2D eigenvalue weighted by molar-refractivity contribution is 7.92. The molecule has 0 aromatic heterocycles. The molecule has 0 saturated carbocycles. The molecule has 0 bridgehead atoms. The van der Waals surface area contributed by atoms with Crippen LogP contribution < -0.4 is 9.46 Å². The van der Waals surface area contributed by atoms with Gasteiger partial charge in [0.1, 0.15) is 10.6 Å². The van der Waals surface area contributed by atoms with E-state index in [0.717, 1.165) is 17.5 Å². The van der Waals surface area contributed by atoms with E-state index >= 15 is 0 Å². The minimum absolute atomic E-state index is 0.275. The summed E-state index contributed by atoms with van der Waals surface area (Å²) in [6.45, 7) is 0. The quantitative estimate of drug-likeness (QED) is 0.763. The van der Waals surface area contributed by atoms with Crippen LogP contribution in [0.25, 0.3) is 0 Å².